The number of nitrogens with zero attached hydrogens (tertiary/aromatic N) is 2. The molecule has 3 heterocycles. The number of aromatic nitrogens is 1. The number of hydrogen-bond donors (Lipinski definition) is 1. The highest BCUT2D eigenvalue weighted by Crippen LogP contribution is 2.46. The Labute approximate surface area is 223 Å². The van der Waals surface area contributed by atoms with Crippen molar-refractivity contribution in [2.24, 2.45) is 0 Å². The summed E-state index contributed by atoms with van der Waals surface area (Å²) in [4.78, 5) is 22.9. The molecule has 36 heavy (non-hydrogen) atoms. The van der Waals surface area contributed by atoms with Gasteiger partial charge < -0.3 is 5.32 Å². The second kappa shape index (κ2) is 10.6. The summed E-state index contributed by atoms with van der Waals surface area (Å²) in [5.74, 6) is 0.400. The van der Waals surface area contributed by atoms with Gasteiger partial charge in [0, 0.05) is 35.0 Å². The van der Waals surface area contributed by atoms with Gasteiger partial charge in [-0.15, -0.1) is 34.4 Å². The SMILES string of the molecule is O=C(CSc1ccccc1)Nc1sc2c(c1-c1nc3ccccc3s1)CCN(Cc1ccccc1)C2. The van der Waals surface area contributed by atoms with Gasteiger partial charge >= 0.3 is 0 Å². The number of fused-ring (bicyclic) bond motifs is 2. The van der Waals surface area contributed by atoms with Gasteiger partial charge in [-0.25, -0.2) is 4.98 Å². The van der Waals surface area contributed by atoms with Crippen molar-refractivity contribution in [1.29, 1.82) is 0 Å². The van der Waals surface area contributed by atoms with Gasteiger partial charge in [-0.05, 0) is 41.8 Å². The summed E-state index contributed by atoms with van der Waals surface area (Å²) in [6.07, 6.45) is 0.957. The summed E-state index contributed by atoms with van der Waals surface area (Å²) in [6.45, 7) is 2.82. The normalized spacial score (nSPS) is 13.6. The molecule has 0 aliphatic carbocycles. The first kappa shape index (κ1) is 23.4. The molecule has 4 nitrogen and oxygen atoms in total. The maximum atomic E-state index is 13.0. The number of carbonyl (C=O) groups excluding carboxylic acids is 1. The third kappa shape index (κ3) is 5.11. The highest BCUT2D eigenvalue weighted by atomic mass is 32.2. The van der Waals surface area contributed by atoms with E-state index in [4.69, 9.17) is 4.98 Å². The predicted octanol–water partition coefficient (Wildman–Crippen LogP) is 7.31. The Bertz CT molecular complexity index is 1460. The number of carbonyl (C=O) groups is 1. The highest BCUT2D eigenvalue weighted by molar-refractivity contribution is 8.00. The lowest BCUT2D eigenvalue weighted by molar-refractivity contribution is -0.113. The Morgan fingerprint density at radius 2 is 1.69 bits per heavy atom. The molecule has 1 amide bonds. The van der Waals surface area contributed by atoms with Crippen LogP contribution < -0.4 is 5.32 Å². The van der Waals surface area contributed by atoms with E-state index in [-0.39, 0.29) is 5.91 Å². The zero-order valence-corrected chi connectivity index (χ0v) is 22.1. The quantitative estimate of drug-likeness (QED) is 0.225. The summed E-state index contributed by atoms with van der Waals surface area (Å²) in [7, 11) is 0. The van der Waals surface area contributed by atoms with Crippen LogP contribution in [0.4, 0.5) is 5.00 Å². The molecule has 180 valence electrons. The average molecular weight is 528 g/mol. The van der Waals surface area contributed by atoms with Gasteiger partial charge in [0.25, 0.3) is 0 Å². The summed E-state index contributed by atoms with van der Waals surface area (Å²) < 4.78 is 1.17. The van der Waals surface area contributed by atoms with Crippen molar-refractivity contribution < 1.29 is 4.79 Å². The second-order valence-electron chi connectivity index (χ2n) is 8.79. The van der Waals surface area contributed by atoms with E-state index in [0.717, 1.165) is 52.0 Å². The lowest BCUT2D eigenvalue weighted by atomic mass is 10.0. The Kier molecular flexibility index (Phi) is 6.88. The second-order valence-corrected chi connectivity index (χ2v) is 12.0. The first-order chi connectivity index (χ1) is 17.7. The number of benzene rings is 3. The van der Waals surface area contributed by atoms with Crippen LogP contribution in [0.2, 0.25) is 0 Å². The van der Waals surface area contributed by atoms with E-state index < -0.39 is 0 Å². The number of para-hydroxylation sites is 1. The number of amides is 1. The van der Waals surface area contributed by atoms with Crippen LogP contribution in [0.25, 0.3) is 20.8 Å². The molecule has 6 rings (SSSR count). The molecular formula is C29H25N3OS3. The molecule has 0 saturated carbocycles. The molecule has 0 saturated heterocycles. The Morgan fingerprint density at radius 1 is 0.944 bits per heavy atom. The monoisotopic (exact) mass is 527 g/mol. The van der Waals surface area contributed by atoms with E-state index in [2.05, 4.69) is 58.7 Å². The molecule has 5 aromatic rings. The van der Waals surface area contributed by atoms with Crippen LogP contribution in [-0.2, 0) is 24.3 Å². The predicted molar refractivity (Wildman–Crippen MR) is 153 cm³/mol. The molecule has 0 fully saturated rings. The molecule has 0 unspecified atom stereocenters. The molecule has 2 aromatic heterocycles. The van der Waals surface area contributed by atoms with E-state index in [0.29, 0.717) is 5.75 Å². The Morgan fingerprint density at radius 3 is 2.50 bits per heavy atom. The molecule has 3 aromatic carbocycles. The minimum Gasteiger partial charge on any atom is -0.316 e. The van der Waals surface area contributed by atoms with E-state index in [1.807, 2.05) is 36.4 Å². The van der Waals surface area contributed by atoms with E-state index in [1.165, 1.54) is 20.7 Å². The molecule has 1 aliphatic heterocycles. The molecule has 7 heteroatoms. The number of thiophene rings is 1. The van der Waals surface area contributed by atoms with Crippen molar-refractivity contribution in [3.63, 3.8) is 0 Å². The number of thiazole rings is 1. The van der Waals surface area contributed by atoms with Gasteiger partial charge in [-0.3, -0.25) is 9.69 Å². The minimum atomic E-state index is 0.0194. The van der Waals surface area contributed by atoms with Crippen LogP contribution in [0.1, 0.15) is 16.0 Å². The van der Waals surface area contributed by atoms with E-state index in [1.54, 1.807) is 34.4 Å². The van der Waals surface area contributed by atoms with Crippen LogP contribution in [0.15, 0.2) is 89.8 Å². The minimum absolute atomic E-state index is 0.0194. The fourth-order valence-electron chi connectivity index (χ4n) is 4.55. The number of nitrogens with one attached hydrogen (secondary N) is 1. The Hall–Kier alpha value is -2.97. The standard InChI is InChI=1S/C29H25N3OS3/c33-26(19-34-21-11-5-2-6-12-21)31-29-27(28-30-23-13-7-8-14-24(23)35-28)22-15-16-32(18-25(22)36-29)17-20-9-3-1-4-10-20/h1-14H,15-19H2,(H,31,33). The fraction of sp³-hybridized carbons (Fsp3) is 0.172. The van der Waals surface area contributed by atoms with Gasteiger partial charge in [0.1, 0.15) is 10.0 Å². The summed E-state index contributed by atoms with van der Waals surface area (Å²) >= 11 is 4.98. The van der Waals surface area contributed by atoms with Gasteiger partial charge in [-0.2, -0.15) is 0 Å². The van der Waals surface area contributed by atoms with Crippen LogP contribution >= 0.6 is 34.4 Å². The molecular weight excluding hydrogens is 503 g/mol. The first-order valence-corrected chi connectivity index (χ1v) is 14.6. The lowest BCUT2D eigenvalue weighted by Gasteiger charge is -2.27. The maximum absolute atomic E-state index is 13.0. The van der Waals surface area contributed by atoms with Crippen LogP contribution in [-0.4, -0.2) is 28.1 Å². The molecule has 0 spiro atoms. The zero-order chi connectivity index (χ0) is 24.3. The summed E-state index contributed by atoms with van der Waals surface area (Å²) in [6, 6.07) is 29.0. The maximum Gasteiger partial charge on any atom is 0.235 e. The van der Waals surface area contributed by atoms with Gasteiger partial charge in [-0.1, -0.05) is 60.7 Å². The largest absolute Gasteiger partial charge is 0.316 e. The van der Waals surface area contributed by atoms with E-state index in [9.17, 15) is 4.79 Å². The van der Waals surface area contributed by atoms with Crippen molar-refractivity contribution in [3.05, 3.63) is 101 Å². The van der Waals surface area contributed by atoms with Crippen molar-refractivity contribution in [3.8, 4) is 10.6 Å². The van der Waals surface area contributed by atoms with Gasteiger partial charge in [0.2, 0.25) is 5.91 Å². The first-order valence-electron chi connectivity index (χ1n) is 12.0. The summed E-state index contributed by atoms with van der Waals surface area (Å²) in [5, 5.41) is 5.18. The molecule has 1 aliphatic rings. The van der Waals surface area contributed by atoms with Gasteiger partial charge in [0.05, 0.1) is 16.0 Å². The van der Waals surface area contributed by atoms with Crippen LogP contribution in [0, 0.1) is 0 Å². The summed E-state index contributed by atoms with van der Waals surface area (Å²) in [5.41, 5.74) is 4.80. The van der Waals surface area contributed by atoms with E-state index >= 15 is 0 Å². The van der Waals surface area contributed by atoms with Crippen molar-refractivity contribution in [2.45, 2.75) is 24.4 Å². The molecule has 0 bridgehead atoms. The highest BCUT2D eigenvalue weighted by Gasteiger charge is 2.27. The smallest absolute Gasteiger partial charge is 0.235 e. The topological polar surface area (TPSA) is 45.2 Å². The average Bonchev–Trinajstić information content (AvgIpc) is 3.49. The van der Waals surface area contributed by atoms with Crippen LogP contribution in [0.5, 0.6) is 0 Å². The lowest BCUT2D eigenvalue weighted by Crippen LogP contribution is -2.29. The zero-order valence-electron chi connectivity index (χ0n) is 19.6. The molecule has 0 atom stereocenters. The number of hydrogen-bond acceptors (Lipinski definition) is 6. The third-order valence-electron chi connectivity index (χ3n) is 6.26. The fourth-order valence-corrected chi connectivity index (χ4v) is 7.69. The molecule has 1 N–H and O–H groups in total. The number of rotatable bonds is 7. The third-order valence-corrected chi connectivity index (χ3v) is 9.46. The van der Waals surface area contributed by atoms with Crippen LogP contribution in [0.3, 0.4) is 0 Å². The van der Waals surface area contributed by atoms with Gasteiger partial charge in [0.15, 0.2) is 0 Å². The molecule has 0 radical (unpaired) electrons. The van der Waals surface area contributed by atoms with Crippen molar-refractivity contribution in [2.75, 3.05) is 17.6 Å². The van der Waals surface area contributed by atoms with Crippen molar-refractivity contribution in [1.82, 2.24) is 9.88 Å². The van der Waals surface area contributed by atoms with Crippen molar-refractivity contribution >= 4 is 55.6 Å². The Balaban J connectivity index is 1.29. The number of anilines is 1. The number of thioether (sulfide) groups is 1.